The maximum Gasteiger partial charge on any atom is 0.417 e. The van der Waals surface area contributed by atoms with Gasteiger partial charge in [0.05, 0.1) is 10.2 Å². The molecule has 1 aromatic heterocycles. The minimum Gasteiger partial charge on any atom is -0.464 e. The summed E-state index contributed by atoms with van der Waals surface area (Å²) in [5.74, 6) is 0. The summed E-state index contributed by atoms with van der Waals surface area (Å²) in [6, 6.07) is 7.74. The van der Waals surface area contributed by atoms with E-state index in [0.29, 0.717) is 0 Å². The van der Waals surface area contributed by atoms with Gasteiger partial charge in [0.25, 0.3) is 0 Å². The Kier molecular flexibility index (Phi) is 2.79. The van der Waals surface area contributed by atoms with Gasteiger partial charge in [0.15, 0.2) is 4.34 Å². The van der Waals surface area contributed by atoms with Crippen LogP contribution in [-0.2, 0) is 0 Å². The number of para-hydroxylation sites is 1. The second-order valence-electron chi connectivity index (χ2n) is 2.82. The second-order valence-corrected chi connectivity index (χ2v) is 5.22. The Morgan fingerprint density at radius 3 is 2.93 bits per heavy atom. The Labute approximate surface area is 94.7 Å². The summed E-state index contributed by atoms with van der Waals surface area (Å²) in [4.78, 5) is 14.9. The number of amides is 1. The summed E-state index contributed by atoms with van der Waals surface area (Å²) in [6.45, 7) is 0. The Morgan fingerprint density at radius 1 is 1.53 bits per heavy atom. The Hall–Kier alpha value is -1.27. The van der Waals surface area contributed by atoms with Gasteiger partial charge in [-0.15, -0.1) is 11.3 Å². The van der Waals surface area contributed by atoms with Gasteiger partial charge in [-0.1, -0.05) is 12.1 Å². The second kappa shape index (κ2) is 4.08. The van der Waals surface area contributed by atoms with E-state index < -0.39 is 6.09 Å². The Bertz CT molecular complexity index is 465. The van der Waals surface area contributed by atoms with Crippen LogP contribution >= 0.6 is 23.3 Å². The van der Waals surface area contributed by atoms with Gasteiger partial charge in [-0.3, -0.25) is 0 Å². The van der Waals surface area contributed by atoms with E-state index in [1.165, 1.54) is 18.4 Å². The molecule has 0 unspecified atom stereocenters. The summed E-state index contributed by atoms with van der Waals surface area (Å²) < 4.78 is 2.94. The van der Waals surface area contributed by atoms with Crippen molar-refractivity contribution >= 4 is 39.6 Å². The third-order valence-electron chi connectivity index (χ3n) is 1.76. The number of rotatable bonds is 2. The number of hydrogen-bond donors (Lipinski definition) is 1. The Morgan fingerprint density at radius 2 is 2.27 bits per heavy atom. The molecule has 78 valence electrons. The first kappa shape index (κ1) is 10.3. The lowest BCUT2D eigenvalue weighted by Gasteiger charge is -2.07. The van der Waals surface area contributed by atoms with Crippen LogP contribution < -0.4 is 0 Å². The van der Waals surface area contributed by atoms with Crippen LogP contribution in [-0.4, -0.2) is 27.5 Å². The molecule has 4 nitrogen and oxygen atoms in total. The largest absolute Gasteiger partial charge is 0.464 e. The molecule has 0 aliphatic heterocycles. The molecule has 0 fully saturated rings. The molecule has 0 saturated carbocycles. The smallest absolute Gasteiger partial charge is 0.417 e. The van der Waals surface area contributed by atoms with Crippen molar-refractivity contribution < 1.29 is 9.90 Å². The molecule has 0 aliphatic rings. The molecule has 0 radical (unpaired) electrons. The standard InChI is InChI=1S/C9H8N2O2S2/c1-11(9(12)13)15-8-10-6-4-2-3-5-7(6)14-8/h2-5H,1H3,(H,12,13). The molecule has 1 aromatic carbocycles. The number of thiazole rings is 1. The molecule has 0 aliphatic carbocycles. The fourth-order valence-electron chi connectivity index (χ4n) is 1.05. The third kappa shape index (κ3) is 2.21. The van der Waals surface area contributed by atoms with E-state index in [1.54, 1.807) is 0 Å². The first-order valence-corrected chi connectivity index (χ1v) is 5.76. The van der Waals surface area contributed by atoms with Crippen molar-refractivity contribution in [3.05, 3.63) is 24.3 Å². The van der Waals surface area contributed by atoms with Crippen LogP contribution in [0, 0.1) is 0 Å². The topological polar surface area (TPSA) is 53.4 Å². The van der Waals surface area contributed by atoms with Crippen LogP contribution in [0.5, 0.6) is 0 Å². The maximum atomic E-state index is 10.6. The van der Waals surface area contributed by atoms with Gasteiger partial charge in [-0.05, 0) is 12.1 Å². The summed E-state index contributed by atoms with van der Waals surface area (Å²) in [5, 5.41) is 8.70. The van der Waals surface area contributed by atoms with Gasteiger partial charge < -0.3 is 5.11 Å². The van der Waals surface area contributed by atoms with Crippen molar-refractivity contribution in [1.82, 2.24) is 9.29 Å². The van der Waals surface area contributed by atoms with Gasteiger partial charge in [-0.25, -0.2) is 14.1 Å². The van der Waals surface area contributed by atoms with Crippen LogP contribution in [0.4, 0.5) is 4.79 Å². The summed E-state index contributed by atoms with van der Waals surface area (Å²) in [5.41, 5.74) is 0.906. The minimum atomic E-state index is -0.973. The van der Waals surface area contributed by atoms with Gasteiger partial charge in [0.1, 0.15) is 0 Å². The van der Waals surface area contributed by atoms with Gasteiger partial charge in [0, 0.05) is 19.0 Å². The molecular formula is C9H8N2O2S2. The number of nitrogens with zero attached hydrogens (tertiary/aromatic N) is 2. The zero-order valence-corrected chi connectivity index (χ0v) is 9.51. The summed E-state index contributed by atoms with van der Waals surface area (Å²) in [7, 11) is 1.50. The van der Waals surface area contributed by atoms with E-state index in [-0.39, 0.29) is 0 Å². The first-order chi connectivity index (χ1) is 7.16. The highest BCUT2D eigenvalue weighted by Gasteiger charge is 2.11. The van der Waals surface area contributed by atoms with Gasteiger partial charge in [0.2, 0.25) is 0 Å². The third-order valence-corrected chi connectivity index (χ3v) is 3.74. The van der Waals surface area contributed by atoms with Gasteiger partial charge >= 0.3 is 6.09 Å². The molecule has 1 heterocycles. The van der Waals surface area contributed by atoms with E-state index in [4.69, 9.17) is 5.11 Å². The first-order valence-electron chi connectivity index (χ1n) is 4.17. The number of benzene rings is 1. The van der Waals surface area contributed by atoms with Crippen molar-refractivity contribution in [3.8, 4) is 0 Å². The molecule has 15 heavy (non-hydrogen) atoms. The fourth-order valence-corrected chi connectivity index (χ4v) is 2.95. The quantitative estimate of drug-likeness (QED) is 0.820. The lowest BCUT2D eigenvalue weighted by Crippen LogP contribution is -2.15. The molecule has 2 aromatic rings. The van der Waals surface area contributed by atoms with Crippen LogP contribution in [0.3, 0.4) is 0 Å². The highest BCUT2D eigenvalue weighted by Crippen LogP contribution is 2.30. The van der Waals surface area contributed by atoms with Crippen molar-refractivity contribution in [2.75, 3.05) is 7.05 Å². The van der Waals surface area contributed by atoms with Crippen LogP contribution in [0.2, 0.25) is 0 Å². The minimum absolute atomic E-state index is 0.737. The van der Waals surface area contributed by atoms with Crippen molar-refractivity contribution in [2.45, 2.75) is 4.34 Å². The number of aromatic nitrogens is 1. The summed E-state index contributed by atoms with van der Waals surface area (Å²) >= 11 is 2.61. The number of carbonyl (C=O) groups is 1. The predicted molar refractivity (Wildman–Crippen MR) is 61.3 cm³/mol. The van der Waals surface area contributed by atoms with E-state index in [2.05, 4.69) is 4.98 Å². The zero-order valence-electron chi connectivity index (χ0n) is 7.88. The lowest BCUT2D eigenvalue weighted by molar-refractivity contribution is 0.181. The average Bonchev–Trinajstić information content (AvgIpc) is 2.59. The van der Waals surface area contributed by atoms with E-state index in [0.717, 1.165) is 30.8 Å². The highest BCUT2D eigenvalue weighted by atomic mass is 32.2. The zero-order chi connectivity index (χ0) is 10.8. The SMILES string of the molecule is CN(Sc1nc2ccccc2s1)C(=O)O. The molecular weight excluding hydrogens is 232 g/mol. The molecule has 1 N–H and O–H groups in total. The normalized spacial score (nSPS) is 10.5. The van der Waals surface area contributed by atoms with Gasteiger partial charge in [-0.2, -0.15) is 0 Å². The number of carboxylic acid groups (broad SMARTS) is 1. The molecule has 6 heteroatoms. The highest BCUT2D eigenvalue weighted by molar-refractivity contribution is 7.99. The fraction of sp³-hybridized carbons (Fsp3) is 0.111. The monoisotopic (exact) mass is 240 g/mol. The lowest BCUT2D eigenvalue weighted by atomic mass is 10.3. The van der Waals surface area contributed by atoms with Crippen LogP contribution in [0.1, 0.15) is 0 Å². The number of fused-ring (bicyclic) bond motifs is 1. The average molecular weight is 240 g/mol. The van der Waals surface area contributed by atoms with Crippen molar-refractivity contribution in [2.24, 2.45) is 0 Å². The molecule has 1 amide bonds. The van der Waals surface area contributed by atoms with Crippen molar-refractivity contribution in [3.63, 3.8) is 0 Å². The van der Waals surface area contributed by atoms with Crippen LogP contribution in [0.15, 0.2) is 28.6 Å². The Balaban J connectivity index is 2.26. The summed E-state index contributed by atoms with van der Waals surface area (Å²) in [6.07, 6.45) is -0.973. The van der Waals surface area contributed by atoms with Crippen LogP contribution in [0.25, 0.3) is 10.2 Å². The molecule has 0 bridgehead atoms. The van der Waals surface area contributed by atoms with E-state index in [1.807, 2.05) is 24.3 Å². The molecule has 0 atom stereocenters. The predicted octanol–water partition coefficient (Wildman–Crippen LogP) is 2.91. The van der Waals surface area contributed by atoms with E-state index in [9.17, 15) is 4.79 Å². The van der Waals surface area contributed by atoms with Crippen molar-refractivity contribution in [1.29, 1.82) is 0 Å². The molecule has 0 spiro atoms. The van der Waals surface area contributed by atoms with E-state index >= 15 is 0 Å². The molecule has 2 rings (SSSR count). The number of hydrogen-bond acceptors (Lipinski definition) is 4. The maximum absolute atomic E-state index is 10.6. The molecule has 0 saturated heterocycles.